The van der Waals surface area contributed by atoms with Crippen LogP contribution in [-0.4, -0.2) is 23.0 Å². The lowest BCUT2D eigenvalue weighted by molar-refractivity contribution is -0.141. The zero-order chi connectivity index (χ0) is 16.9. The molecule has 24 heavy (non-hydrogen) atoms. The van der Waals surface area contributed by atoms with Crippen molar-refractivity contribution in [3.63, 3.8) is 0 Å². The minimum Gasteiger partial charge on any atom is -0.481 e. The normalized spacial score (nSPS) is 19.8. The Bertz CT molecular complexity index is 727. The van der Waals surface area contributed by atoms with Gasteiger partial charge in [0, 0.05) is 11.6 Å². The molecule has 2 aromatic rings. The maximum atomic E-state index is 12.6. The summed E-state index contributed by atoms with van der Waals surface area (Å²) in [5, 5.41) is 12.1. The van der Waals surface area contributed by atoms with Gasteiger partial charge in [0.15, 0.2) is 0 Å². The Kier molecular flexibility index (Phi) is 4.94. The number of hydrogen-bond donors (Lipinski definition) is 2. The van der Waals surface area contributed by atoms with Gasteiger partial charge in [-0.3, -0.25) is 9.59 Å². The van der Waals surface area contributed by atoms with E-state index in [1.54, 1.807) is 0 Å². The summed E-state index contributed by atoms with van der Waals surface area (Å²) in [6.07, 6.45) is 2.57. The number of hydrogen-bond acceptors (Lipinski definition) is 2. The SMILES string of the molecule is O=C(N[C@@H]1CC[C@H](C(=O)O)C1)c1ccccc1Cc1ccccc1. The van der Waals surface area contributed by atoms with Crippen LogP contribution in [0.1, 0.15) is 40.7 Å². The quantitative estimate of drug-likeness (QED) is 0.887. The predicted molar refractivity (Wildman–Crippen MR) is 91.9 cm³/mol. The third-order valence-electron chi connectivity index (χ3n) is 4.62. The van der Waals surface area contributed by atoms with Crippen LogP contribution < -0.4 is 5.32 Å². The molecule has 4 heteroatoms. The first kappa shape index (κ1) is 16.2. The second-order valence-corrected chi connectivity index (χ2v) is 6.34. The fourth-order valence-corrected chi connectivity index (χ4v) is 3.31. The van der Waals surface area contributed by atoms with Gasteiger partial charge in [-0.05, 0) is 42.9 Å². The molecular formula is C20H21NO3. The van der Waals surface area contributed by atoms with E-state index in [2.05, 4.69) is 5.32 Å². The Morgan fingerprint density at radius 3 is 2.42 bits per heavy atom. The third kappa shape index (κ3) is 3.82. The van der Waals surface area contributed by atoms with Gasteiger partial charge in [0.2, 0.25) is 0 Å². The average molecular weight is 323 g/mol. The van der Waals surface area contributed by atoms with Crippen molar-refractivity contribution in [3.8, 4) is 0 Å². The minimum atomic E-state index is -0.767. The standard InChI is InChI=1S/C20H21NO3/c22-19(21-17-11-10-16(13-17)20(23)24)18-9-5-4-8-15(18)12-14-6-2-1-3-7-14/h1-9,16-17H,10-13H2,(H,21,22)(H,23,24)/t16-,17+/m0/s1. The highest BCUT2D eigenvalue weighted by Gasteiger charge is 2.30. The van der Waals surface area contributed by atoms with Crippen LogP contribution in [0.3, 0.4) is 0 Å². The van der Waals surface area contributed by atoms with Crippen molar-refractivity contribution >= 4 is 11.9 Å². The number of carbonyl (C=O) groups is 2. The van der Waals surface area contributed by atoms with Crippen LogP contribution in [0.15, 0.2) is 54.6 Å². The second-order valence-electron chi connectivity index (χ2n) is 6.34. The zero-order valence-electron chi connectivity index (χ0n) is 13.4. The summed E-state index contributed by atoms with van der Waals surface area (Å²) >= 11 is 0. The first-order valence-electron chi connectivity index (χ1n) is 8.29. The molecule has 0 aliphatic heterocycles. The number of carboxylic acid groups (broad SMARTS) is 1. The molecule has 1 fully saturated rings. The highest BCUT2D eigenvalue weighted by Crippen LogP contribution is 2.26. The molecule has 1 aliphatic carbocycles. The van der Waals surface area contributed by atoms with Gasteiger partial charge in [-0.1, -0.05) is 48.5 Å². The van der Waals surface area contributed by atoms with E-state index in [1.807, 2.05) is 54.6 Å². The number of aliphatic carboxylic acids is 1. The van der Waals surface area contributed by atoms with Gasteiger partial charge in [-0.2, -0.15) is 0 Å². The van der Waals surface area contributed by atoms with Gasteiger partial charge in [-0.25, -0.2) is 0 Å². The van der Waals surface area contributed by atoms with Crippen molar-refractivity contribution in [1.29, 1.82) is 0 Å². The summed E-state index contributed by atoms with van der Waals surface area (Å²) < 4.78 is 0. The van der Waals surface area contributed by atoms with Crippen LogP contribution in [-0.2, 0) is 11.2 Å². The Morgan fingerprint density at radius 1 is 1.00 bits per heavy atom. The number of rotatable bonds is 5. The van der Waals surface area contributed by atoms with Gasteiger partial charge in [0.1, 0.15) is 0 Å². The maximum absolute atomic E-state index is 12.6. The largest absolute Gasteiger partial charge is 0.481 e. The molecule has 0 saturated heterocycles. The van der Waals surface area contributed by atoms with Crippen LogP contribution in [0, 0.1) is 5.92 Å². The van der Waals surface area contributed by atoms with Crippen molar-refractivity contribution < 1.29 is 14.7 Å². The topological polar surface area (TPSA) is 66.4 Å². The number of carboxylic acids is 1. The van der Waals surface area contributed by atoms with Gasteiger partial charge < -0.3 is 10.4 Å². The second kappa shape index (κ2) is 7.30. The highest BCUT2D eigenvalue weighted by atomic mass is 16.4. The van der Waals surface area contributed by atoms with Gasteiger partial charge in [0.05, 0.1) is 5.92 Å². The lowest BCUT2D eigenvalue weighted by atomic mass is 9.99. The Balaban J connectivity index is 1.70. The van der Waals surface area contributed by atoms with E-state index in [-0.39, 0.29) is 17.9 Å². The minimum absolute atomic E-state index is 0.0524. The first-order chi connectivity index (χ1) is 11.6. The van der Waals surface area contributed by atoms with E-state index in [9.17, 15) is 9.59 Å². The molecule has 4 nitrogen and oxygen atoms in total. The maximum Gasteiger partial charge on any atom is 0.306 e. The molecule has 0 bridgehead atoms. The summed E-state index contributed by atoms with van der Waals surface area (Å²) in [6, 6.07) is 17.6. The van der Waals surface area contributed by atoms with Crippen molar-refractivity contribution in [3.05, 3.63) is 71.3 Å². The summed E-state index contributed by atoms with van der Waals surface area (Å²) in [4.78, 5) is 23.7. The Morgan fingerprint density at radius 2 is 1.71 bits per heavy atom. The first-order valence-corrected chi connectivity index (χ1v) is 8.29. The molecule has 2 aromatic carbocycles. The molecule has 124 valence electrons. The van der Waals surface area contributed by atoms with Gasteiger partial charge >= 0.3 is 5.97 Å². The predicted octanol–water partition coefficient (Wildman–Crippen LogP) is 3.26. The van der Waals surface area contributed by atoms with E-state index >= 15 is 0 Å². The number of carbonyl (C=O) groups excluding carboxylic acids is 1. The van der Waals surface area contributed by atoms with E-state index in [0.717, 1.165) is 17.5 Å². The van der Waals surface area contributed by atoms with Crippen LogP contribution in [0.25, 0.3) is 0 Å². The van der Waals surface area contributed by atoms with Crippen LogP contribution >= 0.6 is 0 Å². The molecule has 0 aromatic heterocycles. The molecule has 1 amide bonds. The Labute approximate surface area is 141 Å². The van der Waals surface area contributed by atoms with Crippen molar-refractivity contribution in [1.82, 2.24) is 5.32 Å². The van der Waals surface area contributed by atoms with Crippen LogP contribution in [0.5, 0.6) is 0 Å². The molecule has 0 heterocycles. The monoisotopic (exact) mass is 323 g/mol. The third-order valence-corrected chi connectivity index (χ3v) is 4.62. The fourth-order valence-electron chi connectivity index (χ4n) is 3.31. The van der Waals surface area contributed by atoms with E-state index in [1.165, 1.54) is 0 Å². The fraction of sp³-hybridized carbons (Fsp3) is 0.300. The zero-order valence-corrected chi connectivity index (χ0v) is 13.4. The van der Waals surface area contributed by atoms with E-state index in [4.69, 9.17) is 5.11 Å². The summed E-state index contributed by atoms with van der Waals surface area (Å²) in [5.41, 5.74) is 2.80. The van der Waals surface area contributed by atoms with E-state index in [0.29, 0.717) is 24.8 Å². The summed E-state index contributed by atoms with van der Waals surface area (Å²) in [7, 11) is 0. The molecule has 0 unspecified atom stereocenters. The van der Waals surface area contributed by atoms with Crippen molar-refractivity contribution in [2.24, 2.45) is 5.92 Å². The number of nitrogens with one attached hydrogen (secondary N) is 1. The van der Waals surface area contributed by atoms with Crippen molar-refractivity contribution in [2.45, 2.75) is 31.7 Å². The molecule has 0 radical (unpaired) electrons. The Hall–Kier alpha value is -2.62. The lowest BCUT2D eigenvalue weighted by Gasteiger charge is -2.15. The number of amides is 1. The van der Waals surface area contributed by atoms with Crippen molar-refractivity contribution in [2.75, 3.05) is 0 Å². The van der Waals surface area contributed by atoms with Crippen LogP contribution in [0.4, 0.5) is 0 Å². The molecular weight excluding hydrogens is 302 g/mol. The molecule has 1 saturated carbocycles. The van der Waals surface area contributed by atoms with Gasteiger partial charge in [0.25, 0.3) is 5.91 Å². The van der Waals surface area contributed by atoms with E-state index < -0.39 is 5.97 Å². The average Bonchev–Trinajstić information content (AvgIpc) is 3.05. The summed E-state index contributed by atoms with van der Waals surface area (Å²) in [6.45, 7) is 0. The molecule has 2 N–H and O–H groups in total. The molecule has 1 aliphatic rings. The molecule has 3 rings (SSSR count). The lowest BCUT2D eigenvalue weighted by Crippen LogP contribution is -2.34. The van der Waals surface area contributed by atoms with Gasteiger partial charge in [-0.15, -0.1) is 0 Å². The molecule has 2 atom stereocenters. The smallest absolute Gasteiger partial charge is 0.306 e. The molecule has 0 spiro atoms. The summed E-state index contributed by atoms with van der Waals surface area (Å²) in [5.74, 6) is -1.22. The number of benzene rings is 2. The van der Waals surface area contributed by atoms with Crippen LogP contribution in [0.2, 0.25) is 0 Å². The highest BCUT2D eigenvalue weighted by molar-refractivity contribution is 5.96.